The zero-order valence-electron chi connectivity index (χ0n) is 11.1. The van der Waals surface area contributed by atoms with Crippen molar-refractivity contribution < 1.29 is 5.11 Å². The van der Waals surface area contributed by atoms with Gasteiger partial charge in [-0.05, 0) is 36.5 Å². The molecule has 0 bridgehead atoms. The number of fused-ring (bicyclic) bond motifs is 1. The quantitative estimate of drug-likeness (QED) is 0.725. The van der Waals surface area contributed by atoms with Gasteiger partial charge in [-0.3, -0.25) is 0 Å². The van der Waals surface area contributed by atoms with Gasteiger partial charge in [0.25, 0.3) is 0 Å². The van der Waals surface area contributed by atoms with E-state index in [4.69, 9.17) is 0 Å². The highest BCUT2D eigenvalue weighted by molar-refractivity contribution is 4.91. The molecule has 17 heavy (non-hydrogen) atoms. The van der Waals surface area contributed by atoms with Gasteiger partial charge >= 0.3 is 0 Å². The molecule has 3 saturated carbocycles. The highest BCUT2D eigenvalue weighted by Gasteiger charge is 2.40. The van der Waals surface area contributed by atoms with Crippen LogP contribution in [-0.2, 0) is 0 Å². The average Bonchev–Trinajstić information content (AvgIpc) is 2.39. The summed E-state index contributed by atoms with van der Waals surface area (Å²) < 4.78 is 0. The van der Waals surface area contributed by atoms with E-state index < -0.39 is 0 Å². The molecule has 1 nitrogen and oxygen atoms in total. The van der Waals surface area contributed by atoms with E-state index in [0.717, 1.165) is 24.2 Å². The van der Waals surface area contributed by atoms with Crippen molar-refractivity contribution in [2.45, 2.75) is 76.7 Å². The number of hydrogen-bond acceptors (Lipinski definition) is 1. The van der Waals surface area contributed by atoms with Gasteiger partial charge < -0.3 is 5.11 Å². The summed E-state index contributed by atoms with van der Waals surface area (Å²) in [5.74, 6) is 3.37. The monoisotopic (exact) mass is 236 g/mol. The molecule has 4 atom stereocenters. The first-order chi connectivity index (χ1) is 8.34. The molecule has 0 aromatic carbocycles. The Morgan fingerprint density at radius 3 is 1.82 bits per heavy atom. The van der Waals surface area contributed by atoms with Gasteiger partial charge in [-0.2, -0.15) is 0 Å². The number of rotatable bonds is 1. The molecule has 3 aliphatic rings. The van der Waals surface area contributed by atoms with E-state index in [2.05, 4.69) is 0 Å². The Morgan fingerprint density at radius 1 is 0.588 bits per heavy atom. The van der Waals surface area contributed by atoms with Gasteiger partial charge in [-0.25, -0.2) is 0 Å². The Morgan fingerprint density at radius 2 is 1.12 bits per heavy atom. The molecule has 3 rings (SSSR count). The fourth-order valence-electron chi connectivity index (χ4n) is 4.97. The second kappa shape index (κ2) is 5.30. The maximum atomic E-state index is 10.5. The molecule has 0 saturated heterocycles. The molecule has 0 spiro atoms. The third-order valence-corrected chi connectivity index (χ3v) is 5.94. The van der Waals surface area contributed by atoms with E-state index in [-0.39, 0.29) is 6.10 Å². The third-order valence-electron chi connectivity index (χ3n) is 5.94. The minimum atomic E-state index is 0.0393. The number of aliphatic hydroxyl groups is 1. The van der Waals surface area contributed by atoms with E-state index in [1.165, 1.54) is 64.2 Å². The summed E-state index contributed by atoms with van der Waals surface area (Å²) in [5.41, 5.74) is 0. The summed E-state index contributed by atoms with van der Waals surface area (Å²) in [6.45, 7) is 0. The predicted molar refractivity (Wildman–Crippen MR) is 70.8 cm³/mol. The normalized spacial score (nSPS) is 44.3. The summed E-state index contributed by atoms with van der Waals surface area (Å²) in [6, 6.07) is 0. The van der Waals surface area contributed by atoms with E-state index in [9.17, 15) is 5.11 Å². The first-order valence-corrected chi connectivity index (χ1v) is 8.02. The molecule has 0 aromatic heterocycles. The van der Waals surface area contributed by atoms with Crippen LogP contribution in [0.25, 0.3) is 0 Å². The molecule has 98 valence electrons. The van der Waals surface area contributed by atoms with Gasteiger partial charge in [0.1, 0.15) is 0 Å². The van der Waals surface area contributed by atoms with Crippen molar-refractivity contribution in [1.82, 2.24) is 0 Å². The van der Waals surface area contributed by atoms with Gasteiger partial charge in [0.15, 0.2) is 0 Å². The van der Waals surface area contributed by atoms with Crippen molar-refractivity contribution in [2.24, 2.45) is 23.7 Å². The molecule has 1 heteroatoms. The summed E-state index contributed by atoms with van der Waals surface area (Å²) >= 11 is 0. The van der Waals surface area contributed by atoms with Crippen LogP contribution in [0.3, 0.4) is 0 Å². The first-order valence-electron chi connectivity index (χ1n) is 8.02. The van der Waals surface area contributed by atoms with Gasteiger partial charge in [-0.1, -0.05) is 57.8 Å². The van der Waals surface area contributed by atoms with Gasteiger partial charge in [-0.15, -0.1) is 0 Å². The lowest BCUT2D eigenvalue weighted by atomic mass is 9.62. The van der Waals surface area contributed by atoms with Crippen molar-refractivity contribution in [2.75, 3.05) is 0 Å². The SMILES string of the molecule is O[C@@H]1C[C@H]2CCCC[C@@H]2C[C@@H]1C1CCCCC1. The van der Waals surface area contributed by atoms with Crippen LogP contribution in [0.2, 0.25) is 0 Å². The van der Waals surface area contributed by atoms with Crippen LogP contribution in [0.1, 0.15) is 70.6 Å². The minimum absolute atomic E-state index is 0.0393. The summed E-state index contributed by atoms with van der Waals surface area (Å²) in [6.07, 6.45) is 15.3. The molecule has 1 N–H and O–H groups in total. The maximum absolute atomic E-state index is 10.5. The molecule has 3 fully saturated rings. The van der Waals surface area contributed by atoms with Crippen molar-refractivity contribution in [1.29, 1.82) is 0 Å². The predicted octanol–water partition coefficient (Wildman–Crippen LogP) is 4.14. The zero-order chi connectivity index (χ0) is 11.7. The van der Waals surface area contributed by atoms with Crippen molar-refractivity contribution in [3.05, 3.63) is 0 Å². The van der Waals surface area contributed by atoms with E-state index in [1.807, 2.05) is 0 Å². The van der Waals surface area contributed by atoms with Crippen molar-refractivity contribution in [3.8, 4) is 0 Å². The Labute approximate surface area is 106 Å². The first kappa shape index (κ1) is 12.0. The van der Waals surface area contributed by atoms with Gasteiger partial charge in [0.05, 0.1) is 6.10 Å². The fourth-order valence-corrected chi connectivity index (χ4v) is 4.97. The number of aliphatic hydroxyl groups excluding tert-OH is 1. The molecule has 0 aromatic rings. The zero-order valence-corrected chi connectivity index (χ0v) is 11.1. The molecule has 0 amide bonds. The highest BCUT2D eigenvalue weighted by Crippen LogP contribution is 2.47. The second-order valence-corrected chi connectivity index (χ2v) is 6.91. The van der Waals surface area contributed by atoms with Crippen LogP contribution in [0.4, 0.5) is 0 Å². The van der Waals surface area contributed by atoms with Crippen LogP contribution < -0.4 is 0 Å². The average molecular weight is 236 g/mol. The largest absolute Gasteiger partial charge is 0.393 e. The van der Waals surface area contributed by atoms with E-state index in [1.54, 1.807) is 0 Å². The molecule has 3 aliphatic carbocycles. The number of hydrogen-bond donors (Lipinski definition) is 1. The second-order valence-electron chi connectivity index (χ2n) is 6.91. The van der Waals surface area contributed by atoms with E-state index >= 15 is 0 Å². The Hall–Kier alpha value is -0.0400. The molecular weight excluding hydrogens is 208 g/mol. The van der Waals surface area contributed by atoms with Crippen LogP contribution in [0.5, 0.6) is 0 Å². The van der Waals surface area contributed by atoms with Crippen LogP contribution in [-0.4, -0.2) is 11.2 Å². The smallest absolute Gasteiger partial charge is 0.0573 e. The Kier molecular flexibility index (Phi) is 3.75. The molecule has 0 aliphatic heterocycles. The fraction of sp³-hybridized carbons (Fsp3) is 1.00. The molecule has 0 radical (unpaired) electrons. The third kappa shape index (κ3) is 2.54. The van der Waals surface area contributed by atoms with E-state index in [0.29, 0.717) is 5.92 Å². The van der Waals surface area contributed by atoms with Gasteiger partial charge in [0, 0.05) is 0 Å². The lowest BCUT2D eigenvalue weighted by Gasteiger charge is -2.45. The van der Waals surface area contributed by atoms with Crippen molar-refractivity contribution in [3.63, 3.8) is 0 Å². The van der Waals surface area contributed by atoms with Crippen LogP contribution >= 0.6 is 0 Å². The summed E-state index contributed by atoms with van der Waals surface area (Å²) in [4.78, 5) is 0. The maximum Gasteiger partial charge on any atom is 0.0573 e. The van der Waals surface area contributed by atoms with Gasteiger partial charge in [0.2, 0.25) is 0 Å². The van der Waals surface area contributed by atoms with Crippen LogP contribution in [0, 0.1) is 23.7 Å². The molecule has 0 heterocycles. The van der Waals surface area contributed by atoms with Crippen LogP contribution in [0.15, 0.2) is 0 Å². The summed E-state index contributed by atoms with van der Waals surface area (Å²) in [7, 11) is 0. The molecule has 0 unspecified atom stereocenters. The summed E-state index contributed by atoms with van der Waals surface area (Å²) in [5, 5.41) is 10.5. The lowest BCUT2D eigenvalue weighted by Crippen LogP contribution is -2.40. The van der Waals surface area contributed by atoms with Crippen molar-refractivity contribution >= 4 is 0 Å². The highest BCUT2D eigenvalue weighted by atomic mass is 16.3. The minimum Gasteiger partial charge on any atom is -0.393 e. The Bertz CT molecular complexity index is 244. The lowest BCUT2D eigenvalue weighted by molar-refractivity contribution is -0.0314. The Balaban J connectivity index is 1.64. The standard InChI is InChI=1S/C16H28O/c17-16-11-14-9-5-4-8-13(14)10-15(16)12-6-2-1-3-7-12/h12-17H,1-11H2/t13-,14-,15-,16-/m1/s1. The molecular formula is C16H28O. The topological polar surface area (TPSA) is 20.2 Å².